The van der Waals surface area contributed by atoms with E-state index < -0.39 is 102 Å². The zero-order valence-corrected chi connectivity index (χ0v) is 39.9. The number of nitrogens with zero attached hydrogens (tertiary/aromatic N) is 6. The molecule has 0 radical (unpaired) electrons. The molecule has 2 aromatic heterocycles. The SMILES string of the molecule is CC[C@H]1OC(=O)[C@H](C)C([C@H]2C[C@@](C)(OC)[C@@H](O)[C@H](C)O2)[C@H](C)[C@@H](O[C@@H]2O[C@H](C)C[C@H](N(C)CCn3cc(-c4cccnc4)nn3)[C@H]2O)[C@](C)(O)C[C@@H](C)CN(C)[C@H](C)[C@@H](O)[C@]1(C)O. The number of pyridine rings is 1. The number of hydrogen-bond donors (Lipinski definition) is 5. The van der Waals surface area contributed by atoms with Crippen LogP contribution in [0.5, 0.6) is 0 Å². The number of aliphatic hydroxyl groups is 5. The summed E-state index contributed by atoms with van der Waals surface area (Å²) in [5.41, 5.74) is -2.85. The van der Waals surface area contributed by atoms with Crippen molar-refractivity contribution in [3.8, 4) is 11.3 Å². The van der Waals surface area contributed by atoms with E-state index in [9.17, 15) is 30.3 Å². The van der Waals surface area contributed by atoms with Crippen molar-refractivity contribution in [2.24, 2.45) is 23.7 Å². The van der Waals surface area contributed by atoms with Gasteiger partial charge in [-0.05, 0) is 98.9 Å². The Balaban J connectivity index is 1.51. The molecule has 0 bridgehead atoms. The molecule has 0 aliphatic carbocycles. The second kappa shape index (κ2) is 20.9. The minimum atomic E-state index is -1.80. The van der Waals surface area contributed by atoms with Gasteiger partial charge in [-0.15, -0.1) is 5.10 Å². The Bertz CT molecular complexity index is 1750. The number of rotatable bonds is 10. The predicted molar refractivity (Wildman–Crippen MR) is 235 cm³/mol. The van der Waals surface area contributed by atoms with Crippen LogP contribution < -0.4 is 0 Å². The van der Waals surface area contributed by atoms with Crippen LogP contribution in [-0.4, -0.2) is 180 Å². The molecule has 3 aliphatic rings. The fourth-order valence-electron chi connectivity index (χ4n) is 10.7. The first-order valence-electron chi connectivity index (χ1n) is 22.9. The first-order chi connectivity index (χ1) is 29.4. The molecule has 3 saturated heterocycles. The third-order valence-corrected chi connectivity index (χ3v) is 14.6. The van der Waals surface area contributed by atoms with Crippen LogP contribution in [0.1, 0.15) is 94.9 Å². The topological polar surface area (TPSA) is 214 Å². The van der Waals surface area contributed by atoms with Crippen LogP contribution in [0.15, 0.2) is 30.7 Å². The number of ether oxygens (including phenoxy) is 5. The fourth-order valence-corrected chi connectivity index (χ4v) is 10.7. The maximum absolute atomic E-state index is 14.5. The second-order valence-electron chi connectivity index (χ2n) is 19.9. The number of aromatic nitrogens is 4. The van der Waals surface area contributed by atoms with Crippen LogP contribution >= 0.6 is 0 Å². The first kappa shape index (κ1) is 51.3. The summed E-state index contributed by atoms with van der Waals surface area (Å²) in [5.74, 6) is -3.08. The lowest BCUT2D eigenvalue weighted by atomic mass is 9.68. The monoisotopic (exact) mass is 891 g/mol. The van der Waals surface area contributed by atoms with Gasteiger partial charge in [-0.1, -0.05) is 32.9 Å². The normalized spacial score (nSPS) is 43.0. The fraction of sp³-hybridized carbons (Fsp3) is 0.826. The molecule has 1 unspecified atom stereocenters. The maximum Gasteiger partial charge on any atom is 0.309 e. The summed E-state index contributed by atoms with van der Waals surface area (Å²) in [5, 5.41) is 68.4. The molecule has 358 valence electrons. The summed E-state index contributed by atoms with van der Waals surface area (Å²) >= 11 is 0. The molecule has 0 spiro atoms. The molecule has 5 N–H and O–H groups in total. The van der Waals surface area contributed by atoms with E-state index in [0.29, 0.717) is 31.7 Å². The van der Waals surface area contributed by atoms with Gasteiger partial charge in [0.15, 0.2) is 6.29 Å². The lowest BCUT2D eigenvalue weighted by Gasteiger charge is -2.51. The van der Waals surface area contributed by atoms with E-state index >= 15 is 0 Å². The van der Waals surface area contributed by atoms with Crippen LogP contribution in [0, 0.1) is 23.7 Å². The van der Waals surface area contributed by atoms with Gasteiger partial charge in [-0.25, -0.2) is 0 Å². The maximum atomic E-state index is 14.5. The van der Waals surface area contributed by atoms with E-state index in [1.807, 2.05) is 71.9 Å². The van der Waals surface area contributed by atoms with Crippen molar-refractivity contribution in [3.63, 3.8) is 0 Å². The summed E-state index contributed by atoms with van der Waals surface area (Å²) in [6.45, 7) is 19.4. The number of carbonyl (C=O) groups excluding carboxylic acids is 1. The van der Waals surface area contributed by atoms with Crippen LogP contribution in [0.3, 0.4) is 0 Å². The van der Waals surface area contributed by atoms with Gasteiger partial charge in [0.2, 0.25) is 0 Å². The van der Waals surface area contributed by atoms with Crippen molar-refractivity contribution in [2.45, 2.75) is 185 Å². The smallest absolute Gasteiger partial charge is 0.309 e. The molecule has 3 fully saturated rings. The molecule has 63 heavy (non-hydrogen) atoms. The van der Waals surface area contributed by atoms with E-state index in [1.54, 1.807) is 44.8 Å². The molecular weight excluding hydrogens is 813 g/mol. The molecule has 18 atom stereocenters. The highest BCUT2D eigenvalue weighted by Crippen LogP contribution is 2.45. The number of aliphatic hydroxyl groups excluding tert-OH is 3. The highest BCUT2D eigenvalue weighted by molar-refractivity contribution is 5.73. The number of cyclic esters (lactones) is 1. The van der Waals surface area contributed by atoms with Crippen molar-refractivity contribution in [3.05, 3.63) is 30.7 Å². The minimum Gasteiger partial charge on any atom is -0.459 e. The molecule has 2 aromatic rings. The Hall–Kier alpha value is -2.68. The highest BCUT2D eigenvalue weighted by Gasteiger charge is 2.55. The Labute approximate surface area is 374 Å². The quantitative estimate of drug-likeness (QED) is 0.217. The summed E-state index contributed by atoms with van der Waals surface area (Å²) in [6, 6.07) is 2.83. The number of esters is 1. The Morgan fingerprint density at radius 3 is 2.35 bits per heavy atom. The van der Waals surface area contributed by atoms with Crippen LogP contribution in [0.4, 0.5) is 0 Å². The van der Waals surface area contributed by atoms with Crippen LogP contribution in [0.25, 0.3) is 11.3 Å². The number of methoxy groups -OCH3 is 1. The highest BCUT2D eigenvalue weighted by atomic mass is 16.7. The van der Waals surface area contributed by atoms with E-state index in [2.05, 4.69) is 20.2 Å². The average molecular weight is 891 g/mol. The second-order valence-corrected chi connectivity index (χ2v) is 19.9. The van der Waals surface area contributed by atoms with Gasteiger partial charge in [-0.2, -0.15) is 0 Å². The van der Waals surface area contributed by atoms with Gasteiger partial charge in [0.05, 0.1) is 54.3 Å². The molecule has 0 saturated carbocycles. The van der Waals surface area contributed by atoms with Crippen molar-refractivity contribution >= 4 is 5.97 Å². The van der Waals surface area contributed by atoms with E-state index in [0.717, 1.165) is 5.56 Å². The lowest BCUT2D eigenvalue weighted by Crippen LogP contribution is -2.62. The van der Waals surface area contributed by atoms with Crippen molar-refractivity contribution in [1.82, 2.24) is 29.8 Å². The van der Waals surface area contributed by atoms with Crippen LogP contribution in [-0.2, 0) is 35.0 Å². The zero-order chi connectivity index (χ0) is 46.8. The van der Waals surface area contributed by atoms with Gasteiger partial charge < -0.3 is 54.1 Å². The molecule has 5 rings (SSSR count). The summed E-state index contributed by atoms with van der Waals surface area (Å²) in [4.78, 5) is 22.7. The Morgan fingerprint density at radius 1 is 1.02 bits per heavy atom. The van der Waals surface area contributed by atoms with Gasteiger partial charge >= 0.3 is 5.97 Å². The standard InChI is InChI=1S/C46H78N6O11/c1-14-36-46(10,58)39(54)30(6)51(12)24-26(2)21-44(8,57)41(28(4)37(29(5)42(56)62-36)35-22-45(9,59-13)40(55)31(7)61-35)63-43-38(53)34(20-27(3)60-43)50(11)18-19-52-25-33(48-49-52)32-16-15-17-47-23-32/h15-17,23,25-31,34-41,43,53-55,57-58H,14,18-22,24H2,1-13H3/t26-,27-,28+,29-,30-,31+,34+,35-,36-,37?,38-,39-,40+,41-,43+,44-,45-,46-/m1/s1. The third kappa shape index (κ3) is 11.5. The van der Waals surface area contributed by atoms with Crippen molar-refractivity contribution in [2.75, 3.05) is 34.3 Å². The van der Waals surface area contributed by atoms with Gasteiger partial charge in [0.1, 0.15) is 35.7 Å². The Morgan fingerprint density at radius 2 is 1.71 bits per heavy atom. The molecule has 3 aliphatic heterocycles. The van der Waals surface area contributed by atoms with Gasteiger partial charge in [-0.3, -0.25) is 19.4 Å². The minimum absolute atomic E-state index is 0.160. The molecule has 17 nitrogen and oxygen atoms in total. The van der Waals surface area contributed by atoms with Crippen LogP contribution in [0.2, 0.25) is 0 Å². The molecule has 0 aromatic carbocycles. The Kier molecular flexibility index (Phi) is 17.0. The van der Waals surface area contributed by atoms with Gasteiger partial charge in [0.25, 0.3) is 0 Å². The zero-order valence-electron chi connectivity index (χ0n) is 39.9. The number of hydrogen-bond acceptors (Lipinski definition) is 16. The van der Waals surface area contributed by atoms with E-state index in [4.69, 9.17) is 23.7 Å². The average Bonchev–Trinajstić information content (AvgIpc) is 3.72. The lowest BCUT2D eigenvalue weighted by molar-refractivity contribution is -0.303. The van der Waals surface area contributed by atoms with E-state index in [-0.39, 0.29) is 31.3 Å². The van der Waals surface area contributed by atoms with Crippen molar-refractivity contribution in [1.29, 1.82) is 0 Å². The summed E-state index contributed by atoms with van der Waals surface area (Å²) in [7, 11) is 5.33. The van der Waals surface area contributed by atoms with Gasteiger partial charge in [0, 0.05) is 62.6 Å². The molecule has 0 amide bonds. The largest absolute Gasteiger partial charge is 0.459 e. The molecule has 17 heteroatoms. The third-order valence-electron chi connectivity index (χ3n) is 14.6. The van der Waals surface area contributed by atoms with Crippen molar-refractivity contribution < 1.29 is 54.0 Å². The van der Waals surface area contributed by atoms with E-state index in [1.165, 1.54) is 14.0 Å². The first-order valence-corrected chi connectivity index (χ1v) is 22.9. The molecule has 5 heterocycles. The predicted octanol–water partition coefficient (Wildman–Crippen LogP) is 2.90. The summed E-state index contributed by atoms with van der Waals surface area (Å²) < 4.78 is 33.8. The number of carbonyl (C=O) groups is 1. The summed E-state index contributed by atoms with van der Waals surface area (Å²) in [6.07, 6.45) is -1.89. The number of likely N-dealkylation sites (N-methyl/N-ethyl adjacent to an activating group) is 2. The molecular formula is C46H78N6O11.